The summed E-state index contributed by atoms with van der Waals surface area (Å²) in [5.41, 5.74) is 2.44. The summed E-state index contributed by atoms with van der Waals surface area (Å²) in [6.45, 7) is 2.90. The van der Waals surface area contributed by atoms with Gasteiger partial charge in [0.15, 0.2) is 5.88 Å². The highest BCUT2D eigenvalue weighted by atomic mass is 32.2. The normalized spacial score (nSPS) is 14.4. The van der Waals surface area contributed by atoms with Crippen molar-refractivity contribution in [2.75, 3.05) is 37.0 Å². The van der Waals surface area contributed by atoms with E-state index < -0.39 is 4.92 Å². The number of nitro groups is 1. The van der Waals surface area contributed by atoms with Crippen LogP contribution < -0.4 is 10.3 Å². The molecule has 1 aromatic carbocycles. The number of morpholine rings is 1. The van der Waals surface area contributed by atoms with Crippen molar-refractivity contribution >= 4 is 35.5 Å². The number of hydrogen-bond acceptors (Lipinski definition) is 8. The van der Waals surface area contributed by atoms with Crippen LogP contribution in [0.15, 0.2) is 50.8 Å². The summed E-state index contributed by atoms with van der Waals surface area (Å²) in [5, 5.41) is 14.5. The summed E-state index contributed by atoms with van der Waals surface area (Å²) >= 11 is 1.27. The Hall–Kier alpha value is -2.85. The number of benzene rings is 1. The summed E-state index contributed by atoms with van der Waals surface area (Å²) in [5.74, 6) is 1.15. The largest absolute Gasteiger partial charge is 0.440 e. The maximum Gasteiger partial charge on any atom is 0.269 e. The molecule has 0 bridgehead atoms. The van der Waals surface area contributed by atoms with Crippen LogP contribution in [0.25, 0.3) is 0 Å². The summed E-state index contributed by atoms with van der Waals surface area (Å²) in [6.07, 6.45) is 1.44. The van der Waals surface area contributed by atoms with Crippen molar-refractivity contribution in [1.29, 1.82) is 0 Å². The van der Waals surface area contributed by atoms with Crippen LogP contribution in [0.1, 0.15) is 5.76 Å². The van der Waals surface area contributed by atoms with Gasteiger partial charge < -0.3 is 14.1 Å². The second kappa shape index (κ2) is 9.19. The standard InChI is InChI=1S/C17H18N4O5S/c22-16(12-27-15-4-1-13(2-5-15)21(23)24)19-18-11-14-3-6-17(26-14)20-7-9-25-10-8-20/h1-6,11H,7-10,12H2,(H,19,22)/b18-11-. The van der Waals surface area contributed by atoms with Gasteiger partial charge in [-0.05, 0) is 18.2 Å². The van der Waals surface area contributed by atoms with E-state index in [9.17, 15) is 14.9 Å². The number of nitro benzene ring substituents is 1. The van der Waals surface area contributed by atoms with Gasteiger partial charge in [-0.15, -0.1) is 11.8 Å². The number of non-ortho nitro benzene ring substituents is 1. The first kappa shape index (κ1) is 18.9. The molecule has 0 spiro atoms. The SMILES string of the molecule is O=C(CSc1ccc([N+](=O)[O-])cc1)N/N=C\c1ccc(N2CCOCC2)o1. The number of nitrogens with zero attached hydrogens (tertiary/aromatic N) is 3. The molecule has 3 rings (SSSR count). The fourth-order valence-electron chi connectivity index (χ4n) is 2.38. The number of ether oxygens (including phenoxy) is 1. The number of anilines is 1. The van der Waals surface area contributed by atoms with Gasteiger partial charge in [0.25, 0.3) is 5.69 Å². The Balaban J connectivity index is 1.43. The fraction of sp³-hybridized carbons (Fsp3) is 0.294. The first-order valence-corrected chi connectivity index (χ1v) is 9.22. The van der Waals surface area contributed by atoms with E-state index in [1.807, 2.05) is 6.07 Å². The Bertz CT molecular complexity index is 815. The van der Waals surface area contributed by atoms with Crippen molar-refractivity contribution in [3.05, 3.63) is 52.3 Å². The van der Waals surface area contributed by atoms with E-state index in [0.717, 1.165) is 23.9 Å². The molecular formula is C17H18N4O5S. The average molecular weight is 390 g/mol. The van der Waals surface area contributed by atoms with E-state index in [-0.39, 0.29) is 17.3 Å². The highest BCUT2D eigenvalue weighted by Crippen LogP contribution is 2.21. The van der Waals surface area contributed by atoms with Crippen LogP contribution >= 0.6 is 11.8 Å². The molecule has 1 aromatic heterocycles. The van der Waals surface area contributed by atoms with Crippen molar-refractivity contribution in [3.63, 3.8) is 0 Å². The molecular weight excluding hydrogens is 372 g/mol. The molecule has 1 amide bonds. The smallest absolute Gasteiger partial charge is 0.269 e. The molecule has 1 aliphatic heterocycles. The maximum atomic E-state index is 11.8. The predicted octanol–water partition coefficient (Wildman–Crippen LogP) is 2.27. The monoisotopic (exact) mass is 390 g/mol. The van der Waals surface area contributed by atoms with Crippen LogP contribution in [0, 0.1) is 10.1 Å². The molecule has 0 atom stereocenters. The summed E-state index contributed by atoms with van der Waals surface area (Å²) < 4.78 is 11.0. The predicted molar refractivity (Wildman–Crippen MR) is 101 cm³/mol. The number of carbonyl (C=O) groups is 1. The first-order chi connectivity index (χ1) is 13.1. The molecule has 9 nitrogen and oxygen atoms in total. The minimum Gasteiger partial charge on any atom is -0.440 e. The molecule has 0 saturated carbocycles. The Morgan fingerprint density at radius 1 is 1.26 bits per heavy atom. The topological polar surface area (TPSA) is 110 Å². The second-order valence-corrected chi connectivity index (χ2v) is 6.66. The van der Waals surface area contributed by atoms with E-state index >= 15 is 0 Å². The number of nitrogens with one attached hydrogen (secondary N) is 1. The third-order valence-corrected chi connectivity index (χ3v) is 4.75. The van der Waals surface area contributed by atoms with Crippen LogP contribution in [-0.4, -0.2) is 49.1 Å². The lowest BCUT2D eigenvalue weighted by Gasteiger charge is -2.26. The number of amides is 1. The van der Waals surface area contributed by atoms with Crippen molar-refractivity contribution in [2.24, 2.45) is 5.10 Å². The number of furan rings is 1. The zero-order chi connectivity index (χ0) is 19.1. The van der Waals surface area contributed by atoms with Gasteiger partial charge in [-0.2, -0.15) is 5.10 Å². The van der Waals surface area contributed by atoms with Crippen LogP contribution in [0.4, 0.5) is 11.6 Å². The third-order valence-electron chi connectivity index (χ3n) is 3.73. The Kier molecular flexibility index (Phi) is 6.44. The molecule has 27 heavy (non-hydrogen) atoms. The van der Waals surface area contributed by atoms with Crippen molar-refractivity contribution in [2.45, 2.75) is 4.90 Å². The molecule has 1 aliphatic rings. The molecule has 1 saturated heterocycles. The molecule has 10 heteroatoms. The summed E-state index contributed by atoms with van der Waals surface area (Å²) in [4.78, 5) is 24.8. The van der Waals surface area contributed by atoms with E-state index in [0.29, 0.717) is 19.0 Å². The number of hydrogen-bond donors (Lipinski definition) is 1. The Morgan fingerprint density at radius 2 is 2.00 bits per heavy atom. The van der Waals surface area contributed by atoms with Gasteiger partial charge in [0, 0.05) is 36.2 Å². The molecule has 0 aliphatic carbocycles. The molecule has 2 heterocycles. The van der Waals surface area contributed by atoms with E-state index in [2.05, 4.69) is 15.4 Å². The summed E-state index contributed by atoms with van der Waals surface area (Å²) in [6, 6.07) is 9.67. The fourth-order valence-corrected chi connectivity index (χ4v) is 3.07. The highest BCUT2D eigenvalue weighted by Gasteiger charge is 2.14. The number of rotatable bonds is 7. The minimum absolute atomic E-state index is 0.0169. The third kappa shape index (κ3) is 5.56. The quantitative estimate of drug-likeness (QED) is 0.334. The van der Waals surface area contributed by atoms with Gasteiger partial charge in [-0.25, -0.2) is 5.43 Å². The highest BCUT2D eigenvalue weighted by molar-refractivity contribution is 8.00. The van der Waals surface area contributed by atoms with Gasteiger partial charge >= 0.3 is 0 Å². The van der Waals surface area contributed by atoms with Gasteiger partial charge in [-0.1, -0.05) is 0 Å². The molecule has 142 valence electrons. The lowest BCUT2D eigenvalue weighted by Crippen LogP contribution is -2.35. The number of thioether (sulfide) groups is 1. The zero-order valence-electron chi connectivity index (χ0n) is 14.4. The Morgan fingerprint density at radius 3 is 2.70 bits per heavy atom. The number of carbonyl (C=O) groups excluding carboxylic acids is 1. The van der Waals surface area contributed by atoms with Crippen LogP contribution in [-0.2, 0) is 9.53 Å². The number of hydrazone groups is 1. The second-order valence-electron chi connectivity index (χ2n) is 5.61. The Labute approximate surface area is 159 Å². The van der Waals surface area contributed by atoms with Crippen LogP contribution in [0.5, 0.6) is 0 Å². The van der Waals surface area contributed by atoms with Crippen LogP contribution in [0.2, 0.25) is 0 Å². The molecule has 1 N–H and O–H groups in total. The summed E-state index contributed by atoms with van der Waals surface area (Å²) in [7, 11) is 0. The van der Waals surface area contributed by atoms with E-state index in [4.69, 9.17) is 9.15 Å². The van der Waals surface area contributed by atoms with E-state index in [1.165, 1.54) is 30.1 Å². The lowest BCUT2D eigenvalue weighted by molar-refractivity contribution is -0.384. The lowest BCUT2D eigenvalue weighted by atomic mass is 10.3. The molecule has 1 fully saturated rings. The van der Waals surface area contributed by atoms with Crippen molar-refractivity contribution in [1.82, 2.24) is 5.43 Å². The van der Waals surface area contributed by atoms with E-state index in [1.54, 1.807) is 18.2 Å². The minimum atomic E-state index is -0.463. The zero-order valence-corrected chi connectivity index (χ0v) is 15.2. The van der Waals surface area contributed by atoms with Crippen molar-refractivity contribution in [3.8, 4) is 0 Å². The molecule has 0 unspecified atom stereocenters. The van der Waals surface area contributed by atoms with Gasteiger partial charge in [0.05, 0.1) is 30.1 Å². The maximum absolute atomic E-state index is 11.8. The molecule has 0 radical (unpaired) electrons. The van der Waals surface area contributed by atoms with Crippen molar-refractivity contribution < 1.29 is 18.9 Å². The van der Waals surface area contributed by atoms with Crippen LogP contribution in [0.3, 0.4) is 0 Å². The van der Waals surface area contributed by atoms with Gasteiger partial charge in [0.2, 0.25) is 5.91 Å². The van der Waals surface area contributed by atoms with Gasteiger partial charge in [0.1, 0.15) is 5.76 Å². The van der Waals surface area contributed by atoms with Gasteiger partial charge in [-0.3, -0.25) is 14.9 Å². The average Bonchev–Trinajstić information content (AvgIpc) is 3.16. The molecule has 2 aromatic rings. The first-order valence-electron chi connectivity index (χ1n) is 8.23.